The van der Waals surface area contributed by atoms with Gasteiger partial charge in [0, 0.05) is 6.54 Å². The molecule has 0 saturated heterocycles. The highest BCUT2D eigenvalue weighted by molar-refractivity contribution is 5.80. The van der Waals surface area contributed by atoms with Gasteiger partial charge in [-0.3, -0.25) is 4.79 Å². The lowest BCUT2D eigenvalue weighted by Gasteiger charge is -2.20. The molecule has 0 spiro atoms. The van der Waals surface area contributed by atoms with Gasteiger partial charge < -0.3 is 14.8 Å². The lowest BCUT2D eigenvalue weighted by Crippen LogP contribution is -2.36. The zero-order valence-electron chi connectivity index (χ0n) is 17.0. The molecule has 0 aliphatic rings. The minimum atomic E-state index is -0.522. The standard InChI is InChI=1S/C23H31NO3/c1-17(27-21-14-10-19(11-15-21)23(2,3)4)22(25)24-16-6-7-18-8-12-20(26-5)13-9-18/h8-15,17H,6-7,16H2,1-5H3,(H,24,25)/t17-/m1/s1. The lowest BCUT2D eigenvalue weighted by atomic mass is 9.87. The largest absolute Gasteiger partial charge is 0.497 e. The Hall–Kier alpha value is -2.49. The first-order chi connectivity index (χ1) is 12.8. The number of benzene rings is 2. The van der Waals surface area contributed by atoms with E-state index in [4.69, 9.17) is 9.47 Å². The predicted molar refractivity (Wildman–Crippen MR) is 110 cm³/mol. The predicted octanol–water partition coefficient (Wildman–Crippen LogP) is 4.51. The summed E-state index contributed by atoms with van der Waals surface area (Å²) < 4.78 is 10.9. The molecule has 2 rings (SSSR count). The van der Waals surface area contributed by atoms with E-state index in [1.165, 1.54) is 11.1 Å². The van der Waals surface area contributed by atoms with E-state index in [-0.39, 0.29) is 11.3 Å². The quantitative estimate of drug-likeness (QED) is 0.697. The first kappa shape index (κ1) is 20.8. The van der Waals surface area contributed by atoms with Crippen LogP contribution in [0.3, 0.4) is 0 Å². The number of amides is 1. The summed E-state index contributed by atoms with van der Waals surface area (Å²) in [6.45, 7) is 8.92. The Morgan fingerprint density at radius 1 is 1.00 bits per heavy atom. The van der Waals surface area contributed by atoms with Crippen LogP contribution in [0.5, 0.6) is 11.5 Å². The molecule has 0 bridgehead atoms. The highest BCUT2D eigenvalue weighted by atomic mass is 16.5. The smallest absolute Gasteiger partial charge is 0.260 e. The average molecular weight is 370 g/mol. The van der Waals surface area contributed by atoms with Crippen molar-refractivity contribution in [2.45, 2.75) is 52.1 Å². The van der Waals surface area contributed by atoms with Crippen molar-refractivity contribution in [3.05, 3.63) is 59.7 Å². The molecular weight excluding hydrogens is 338 g/mol. The molecule has 0 heterocycles. The maximum absolute atomic E-state index is 12.2. The van der Waals surface area contributed by atoms with Gasteiger partial charge in [0.2, 0.25) is 0 Å². The lowest BCUT2D eigenvalue weighted by molar-refractivity contribution is -0.127. The first-order valence-corrected chi connectivity index (χ1v) is 9.47. The third-order valence-corrected chi connectivity index (χ3v) is 4.50. The van der Waals surface area contributed by atoms with Gasteiger partial charge in [-0.25, -0.2) is 0 Å². The monoisotopic (exact) mass is 369 g/mol. The van der Waals surface area contributed by atoms with E-state index in [0.717, 1.165) is 18.6 Å². The van der Waals surface area contributed by atoms with Crippen molar-refractivity contribution >= 4 is 5.91 Å². The molecule has 146 valence electrons. The molecule has 0 aliphatic heterocycles. The Morgan fingerprint density at radius 3 is 2.15 bits per heavy atom. The van der Waals surface area contributed by atoms with Gasteiger partial charge in [0.25, 0.3) is 5.91 Å². The number of nitrogens with one attached hydrogen (secondary N) is 1. The number of hydrogen-bond acceptors (Lipinski definition) is 3. The van der Waals surface area contributed by atoms with Crippen molar-refractivity contribution in [3.63, 3.8) is 0 Å². The van der Waals surface area contributed by atoms with E-state index in [1.54, 1.807) is 14.0 Å². The van der Waals surface area contributed by atoms with Gasteiger partial charge >= 0.3 is 0 Å². The van der Waals surface area contributed by atoms with Crippen molar-refractivity contribution in [2.75, 3.05) is 13.7 Å². The summed E-state index contributed by atoms with van der Waals surface area (Å²) >= 11 is 0. The number of hydrogen-bond donors (Lipinski definition) is 1. The Bertz CT molecular complexity index is 715. The molecule has 4 nitrogen and oxygen atoms in total. The van der Waals surface area contributed by atoms with E-state index in [1.807, 2.05) is 36.4 Å². The molecule has 0 unspecified atom stereocenters. The number of rotatable bonds is 8. The fourth-order valence-electron chi connectivity index (χ4n) is 2.73. The maximum atomic E-state index is 12.2. The number of carbonyl (C=O) groups is 1. The van der Waals surface area contributed by atoms with Gasteiger partial charge in [-0.15, -0.1) is 0 Å². The average Bonchev–Trinajstić information content (AvgIpc) is 2.65. The summed E-state index contributed by atoms with van der Waals surface area (Å²) in [4.78, 5) is 12.2. The van der Waals surface area contributed by atoms with Crippen molar-refractivity contribution in [3.8, 4) is 11.5 Å². The van der Waals surface area contributed by atoms with E-state index >= 15 is 0 Å². The van der Waals surface area contributed by atoms with Crippen molar-refractivity contribution in [1.82, 2.24) is 5.32 Å². The van der Waals surface area contributed by atoms with Crippen LogP contribution in [0.1, 0.15) is 45.2 Å². The topological polar surface area (TPSA) is 47.6 Å². The fourth-order valence-corrected chi connectivity index (χ4v) is 2.73. The molecule has 0 fully saturated rings. The Balaban J connectivity index is 1.73. The minimum Gasteiger partial charge on any atom is -0.497 e. The van der Waals surface area contributed by atoms with Crippen LogP contribution in [0.15, 0.2) is 48.5 Å². The summed E-state index contributed by atoms with van der Waals surface area (Å²) in [7, 11) is 1.66. The Kier molecular flexibility index (Phi) is 7.28. The summed E-state index contributed by atoms with van der Waals surface area (Å²) in [5.74, 6) is 1.47. The van der Waals surface area contributed by atoms with Gasteiger partial charge in [-0.2, -0.15) is 0 Å². The second-order valence-corrected chi connectivity index (χ2v) is 7.78. The summed E-state index contributed by atoms with van der Waals surface area (Å²) in [5, 5.41) is 2.94. The molecule has 4 heteroatoms. The van der Waals surface area contributed by atoms with E-state index in [0.29, 0.717) is 12.3 Å². The van der Waals surface area contributed by atoms with Crippen molar-refractivity contribution < 1.29 is 14.3 Å². The van der Waals surface area contributed by atoms with Crippen LogP contribution in [-0.2, 0) is 16.6 Å². The van der Waals surface area contributed by atoms with Gasteiger partial charge in [-0.1, -0.05) is 45.0 Å². The van der Waals surface area contributed by atoms with Crippen LogP contribution >= 0.6 is 0 Å². The summed E-state index contributed by atoms with van der Waals surface area (Å²) in [5.41, 5.74) is 2.57. The third kappa shape index (κ3) is 6.63. The molecule has 2 aromatic rings. The second kappa shape index (κ2) is 9.45. The molecule has 0 aromatic heterocycles. The second-order valence-electron chi connectivity index (χ2n) is 7.78. The van der Waals surface area contributed by atoms with Crippen LogP contribution in [0, 0.1) is 0 Å². The van der Waals surface area contributed by atoms with Gasteiger partial charge in [0.1, 0.15) is 11.5 Å². The highest BCUT2D eigenvalue weighted by Gasteiger charge is 2.16. The maximum Gasteiger partial charge on any atom is 0.260 e. The molecule has 0 radical (unpaired) electrons. The molecule has 2 aromatic carbocycles. The number of ether oxygens (including phenoxy) is 2. The van der Waals surface area contributed by atoms with Crippen LogP contribution < -0.4 is 14.8 Å². The Labute approximate surface area is 162 Å². The summed E-state index contributed by atoms with van der Waals surface area (Å²) in [6.07, 6.45) is 1.27. The molecule has 1 amide bonds. The zero-order chi connectivity index (χ0) is 19.9. The summed E-state index contributed by atoms with van der Waals surface area (Å²) in [6, 6.07) is 16.0. The molecule has 0 saturated carbocycles. The van der Waals surface area contributed by atoms with Gasteiger partial charge in [-0.05, 0) is 60.6 Å². The van der Waals surface area contributed by atoms with Gasteiger partial charge in [0.05, 0.1) is 7.11 Å². The third-order valence-electron chi connectivity index (χ3n) is 4.50. The zero-order valence-corrected chi connectivity index (χ0v) is 17.0. The van der Waals surface area contributed by atoms with E-state index in [2.05, 4.69) is 38.2 Å². The molecule has 1 N–H and O–H groups in total. The van der Waals surface area contributed by atoms with E-state index < -0.39 is 6.10 Å². The van der Waals surface area contributed by atoms with E-state index in [9.17, 15) is 4.79 Å². The minimum absolute atomic E-state index is 0.0929. The van der Waals surface area contributed by atoms with Crippen LogP contribution in [0.25, 0.3) is 0 Å². The van der Waals surface area contributed by atoms with Crippen LogP contribution in [0.4, 0.5) is 0 Å². The highest BCUT2D eigenvalue weighted by Crippen LogP contribution is 2.24. The van der Waals surface area contributed by atoms with Crippen molar-refractivity contribution in [2.24, 2.45) is 0 Å². The molecule has 1 atom stereocenters. The van der Waals surface area contributed by atoms with Gasteiger partial charge in [0.15, 0.2) is 6.10 Å². The molecule has 27 heavy (non-hydrogen) atoms. The van der Waals surface area contributed by atoms with Crippen molar-refractivity contribution in [1.29, 1.82) is 0 Å². The SMILES string of the molecule is COc1ccc(CCCNC(=O)[C@@H](C)Oc2ccc(C(C)(C)C)cc2)cc1. The van der Waals surface area contributed by atoms with Crippen LogP contribution in [-0.4, -0.2) is 25.7 Å². The molecule has 0 aliphatic carbocycles. The first-order valence-electron chi connectivity index (χ1n) is 9.47. The number of carbonyl (C=O) groups excluding carboxylic acids is 1. The number of methoxy groups -OCH3 is 1. The number of aryl methyl sites for hydroxylation is 1. The molecular formula is C23H31NO3. The van der Waals surface area contributed by atoms with Crippen LogP contribution in [0.2, 0.25) is 0 Å². The Morgan fingerprint density at radius 2 is 1.59 bits per heavy atom. The normalized spacial score (nSPS) is 12.3. The fraction of sp³-hybridized carbons (Fsp3) is 0.435.